The summed E-state index contributed by atoms with van der Waals surface area (Å²) < 4.78 is 12.6. The zero-order chi connectivity index (χ0) is 40.4. The zero-order valence-corrected chi connectivity index (χ0v) is 37.8. The minimum Gasteiger partial charge on any atom is -0.496 e. The molecule has 0 saturated carbocycles. The Bertz CT molecular complexity index is 1980. The molecule has 0 N–H and O–H groups in total. The number of benzene rings is 4. The molecule has 55 heavy (non-hydrogen) atoms. The summed E-state index contributed by atoms with van der Waals surface area (Å²) in [5.74, 6) is 2.82. The molecule has 0 saturated heterocycles. The molecule has 2 radical (unpaired) electrons. The number of methoxy groups -OCH3 is 2. The molecular formula is C52H66O2Si. The van der Waals surface area contributed by atoms with Gasteiger partial charge in [-0.05, 0) is 80.0 Å². The summed E-state index contributed by atoms with van der Waals surface area (Å²) in [7, 11) is 4.51. The molecule has 0 aliphatic heterocycles. The molecule has 2 unspecified atom stereocenters. The molecule has 2 aliphatic rings. The molecule has 0 amide bonds. The minimum atomic E-state index is -0.0597. The number of allylic oxidation sites excluding steroid dienone is 2. The monoisotopic (exact) mass is 750 g/mol. The summed E-state index contributed by atoms with van der Waals surface area (Å²) in [6.07, 6.45) is 4.92. The van der Waals surface area contributed by atoms with Gasteiger partial charge in [-0.15, -0.1) is 0 Å². The van der Waals surface area contributed by atoms with Crippen molar-refractivity contribution in [2.75, 3.05) is 14.2 Å². The van der Waals surface area contributed by atoms with Crippen LogP contribution in [0.1, 0.15) is 153 Å². The smallest absolute Gasteiger partial charge is 0.131 e. The van der Waals surface area contributed by atoms with Crippen molar-refractivity contribution < 1.29 is 9.47 Å². The third-order valence-corrected chi connectivity index (χ3v) is 13.5. The molecule has 4 aromatic rings. The third-order valence-electron chi connectivity index (χ3n) is 12.1. The molecule has 0 fully saturated rings. The molecule has 3 heteroatoms. The van der Waals surface area contributed by atoms with E-state index in [1.165, 1.54) is 77.9 Å². The lowest BCUT2D eigenvalue weighted by atomic mass is 9.79. The van der Waals surface area contributed by atoms with Crippen molar-refractivity contribution in [2.24, 2.45) is 0 Å². The number of ether oxygens (including phenoxy) is 2. The van der Waals surface area contributed by atoms with Gasteiger partial charge in [0.2, 0.25) is 0 Å². The largest absolute Gasteiger partial charge is 0.496 e. The van der Waals surface area contributed by atoms with Crippen LogP contribution in [0.3, 0.4) is 0 Å². The van der Waals surface area contributed by atoms with Gasteiger partial charge in [-0.2, -0.15) is 0 Å². The molecule has 0 spiro atoms. The Kier molecular flexibility index (Phi) is 10.8. The lowest BCUT2D eigenvalue weighted by molar-refractivity contribution is 0.398. The Morgan fingerprint density at radius 1 is 0.491 bits per heavy atom. The molecule has 2 nitrogen and oxygen atoms in total. The van der Waals surface area contributed by atoms with Gasteiger partial charge in [0.05, 0.1) is 14.2 Å². The average Bonchev–Trinajstić information content (AvgIpc) is 3.59. The van der Waals surface area contributed by atoms with Crippen LogP contribution in [0.25, 0.3) is 34.4 Å². The summed E-state index contributed by atoms with van der Waals surface area (Å²) in [5.41, 5.74) is 18.8. The molecule has 6 rings (SSSR count). The van der Waals surface area contributed by atoms with Crippen molar-refractivity contribution in [2.45, 2.75) is 143 Å². The van der Waals surface area contributed by atoms with Crippen LogP contribution < -0.4 is 9.47 Å². The average molecular weight is 751 g/mol. The molecule has 290 valence electrons. The molecule has 0 bridgehead atoms. The topological polar surface area (TPSA) is 18.5 Å². The first kappa shape index (κ1) is 40.8. The SMILES string of the molecule is COc1c(C(C)(C)C)cc2c(c1-c1ccc(C(C)(C)C)cc1)C=C(C)C2C[Si]CC1C(C)=Cc2c1cc(C(C)(C)C)c(OC)c2-c1ccc(C(C)(C)C)cc1. The molecule has 0 aromatic heterocycles. The van der Waals surface area contributed by atoms with Crippen molar-refractivity contribution in [3.8, 4) is 33.8 Å². The maximum Gasteiger partial charge on any atom is 0.131 e. The van der Waals surface area contributed by atoms with Crippen molar-refractivity contribution in [1.29, 1.82) is 0 Å². The maximum atomic E-state index is 6.31. The number of hydrogen-bond donors (Lipinski definition) is 0. The van der Waals surface area contributed by atoms with Gasteiger partial charge in [-0.1, -0.05) is 179 Å². The number of hydrogen-bond acceptors (Lipinski definition) is 2. The second-order valence-corrected chi connectivity index (χ2v) is 21.7. The van der Waals surface area contributed by atoms with Crippen LogP contribution in [0.15, 0.2) is 71.8 Å². The van der Waals surface area contributed by atoms with E-state index in [2.05, 4.69) is 170 Å². The first-order chi connectivity index (χ1) is 25.6. The first-order valence-corrected chi connectivity index (χ1v) is 21.8. The standard InChI is InChI=1S/C52H66O2Si/c1-31-25-39-37(27-43(51(9,10)11)47(53-15)45(39)33-17-21-35(22-18-33)49(3,4)5)41(31)29-55-30-42-32(2)26-40-38(42)28-44(52(12,13)14)48(54-16)46(40)34-19-23-36(24-20-34)50(6,7)8/h17-28,41-42H,29-30H2,1-16H3. The summed E-state index contributed by atoms with van der Waals surface area (Å²) in [6, 6.07) is 25.7. The summed E-state index contributed by atoms with van der Waals surface area (Å²) in [4.78, 5) is 0. The van der Waals surface area contributed by atoms with E-state index in [4.69, 9.17) is 9.47 Å². The van der Waals surface area contributed by atoms with Crippen molar-refractivity contribution in [1.82, 2.24) is 0 Å². The van der Waals surface area contributed by atoms with Crippen LogP contribution in [0, 0.1) is 0 Å². The fourth-order valence-electron chi connectivity index (χ4n) is 8.73. The van der Waals surface area contributed by atoms with Gasteiger partial charge in [-0.25, -0.2) is 0 Å². The third kappa shape index (κ3) is 7.80. The van der Waals surface area contributed by atoms with E-state index in [1.807, 2.05) is 14.2 Å². The van der Waals surface area contributed by atoms with Gasteiger partial charge >= 0.3 is 0 Å². The fraction of sp³-hybridized carbons (Fsp3) is 0.462. The van der Waals surface area contributed by atoms with E-state index < -0.39 is 0 Å². The predicted octanol–water partition coefficient (Wildman–Crippen LogP) is 14.5. The Morgan fingerprint density at radius 2 is 0.818 bits per heavy atom. The number of fused-ring (bicyclic) bond motifs is 2. The van der Waals surface area contributed by atoms with Crippen LogP contribution in [0.4, 0.5) is 0 Å². The maximum absolute atomic E-state index is 6.31. The van der Waals surface area contributed by atoms with Crippen molar-refractivity contribution in [3.05, 3.63) is 116 Å². The van der Waals surface area contributed by atoms with E-state index in [0.29, 0.717) is 11.8 Å². The molecule has 2 aliphatic carbocycles. The van der Waals surface area contributed by atoms with E-state index >= 15 is 0 Å². The normalized spacial score (nSPS) is 17.2. The zero-order valence-electron chi connectivity index (χ0n) is 36.8. The highest BCUT2D eigenvalue weighted by molar-refractivity contribution is 6.36. The van der Waals surface area contributed by atoms with Gasteiger partial charge in [-0.3, -0.25) is 0 Å². The van der Waals surface area contributed by atoms with E-state index in [0.717, 1.165) is 33.1 Å². The highest BCUT2D eigenvalue weighted by Gasteiger charge is 2.35. The highest BCUT2D eigenvalue weighted by Crippen LogP contribution is 2.53. The van der Waals surface area contributed by atoms with E-state index in [-0.39, 0.29) is 21.7 Å². The minimum absolute atomic E-state index is 0.0597. The van der Waals surface area contributed by atoms with Crippen LogP contribution >= 0.6 is 0 Å². The van der Waals surface area contributed by atoms with Crippen molar-refractivity contribution >= 4 is 21.7 Å². The lowest BCUT2D eigenvalue weighted by Gasteiger charge is -2.28. The first-order valence-electron chi connectivity index (χ1n) is 20.4. The highest BCUT2D eigenvalue weighted by atomic mass is 28.2. The number of rotatable bonds is 8. The van der Waals surface area contributed by atoms with Gasteiger partial charge in [0.1, 0.15) is 11.5 Å². The fourth-order valence-corrected chi connectivity index (χ4v) is 10.6. The van der Waals surface area contributed by atoms with Gasteiger partial charge in [0, 0.05) is 43.6 Å². The van der Waals surface area contributed by atoms with E-state index in [1.54, 1.807) is 0 Å². The quantitative estimate of drug-likeness (QED) is 0.167. The molecular weight excluding hydrogens is 685 g/mol. The van der Waals surface area contributed by atoms with Crippen LogP contribution in [-0.2, 0) is 21.7 Å². The Balaban J connectivity index is 1.36. The van der Waals surface area contributed by atoms with Crippen LogP contribution in [-0.4, -0.2) is 23.7 Å². The summed E-state index contributed by atoms with van der Waals surface area (Å²) >= 11 is 0. The lowest BCUT2D eigenvalue weighted by Crippen LogP contribution is -2.16. The summed E-state index contributed by atoms with van der Waals surface area (Å²) in [6.45, 7) is 32.3. The Labute approximate surface area is 336 Å². The second kappa shape index (κ2) is 14.6. The Morgan fingerprint density at radius 3 is 1.09 bits per heavy atom. The van der Waals surface area contributed by atoms with Crippen LogP contribution in [0.2, 0.25) is 12.1 Å². The Hall–Kier alpha value is -3.82. The molecule has 2 atom stereocenters. The van der Waals surface area contributed by atoms with Crippen molar-refractivity contribution in [3.63, 3.8) is 0 Å². The van der Waals surface area contributed by atoms with Gasteiger partial charge < -0.3 is 9.47 Å². The predicted molar refractivity (Wildman–Crippen MR) is 240 cm³/mol. The molecule has 0 heterocycles. The van der Waals surface area contributed by atoms with Crippen LogP contribution in [0.5, 0.6) is 11.5 Å². The van der Waals surface area contributed by atoms with Gasteiger partial charge in [0.15, 0.2) is 0 Å². The van der Waals surface area contributed by atoms with E-state index in [9.17, 15) is 0 Å². The second-order valence-electron chi connectivity index (χ2n) is 20.4. The van der Waals surface area contributed by atoms with Gasteiger partial charge in [0.25, 0.3) is 0 Å². The molecule has 4 aromatic carbocycles. The summed E-state index contributed by atoms with van der Waals surface area (Å²) in [5, 5.41) is 0.